The fourth-order valence-electron chi connectivity index (χ4n) is 2.74. The quantitative estimate of drug-likeness (QED) is 0.585. The molecule has 1 saturated carbocycles. The maximum Gasteiger partial charge on any atom is 0.313 e. The topological polar surface area (TPSA) is 78.4 Å². The summed E-state index contributed by atoms with van der Waals surface area (Å²) in [5.74, 6) is -1.26. The van der Waals surface area contributed by atoms with E-state index in [2.05, 4.69) is 10.6 Å². The van der Waals surface area contributed by atoms with Crippen LogP contribution in [0.4, 0.5) is 5.69 Å². The van der Waals surface area contributed by atoms with Crippen molar-refractivity contribution in [2.75, 3.05) is 11.9 Å². The van der Waals surface area contributed by atoms with E-state index in [1.165, 1.54) is 0 Å². The van der Waals surface area contributed by atoms with Gasteiger partial charge in [-0.3, -0.25) is 9.59 Å². The molecule has 2 unspecified atom stereocenters. The van der Waals surface area contributed by atoms with Gasteiger partial charge in [0.15, 0.2) is 0 Å². The molecule has 5 heteroatoms. The van der Waals surface area contributed by atoms with E-state index in [0.29, 0.717) is 5.69 Å². The number of hydrogen-bond donors (Lipinski definition) is 3. The zero-order chi connectivity index (χ0) is 15.1. The van der Waals surface area contributed by atoms with Crippen LogP contribution < -0.4 is 10.6 Å². The van der Waals surface area contributed by atoms with Crippen molar-refractivity contribution in [2.24, 2.45) is 5.92 Å². The van der Waals surface area contributed by atoms with Gasteiger partial charge in [0.05, 0.1) is 0 Å². The maximum absolute atomic E-state index is 12.0. The molecule has 2 atom stereocenters. The molecule has 0 heterocycles. The Morgan fingerprint density at radius 2 is 1.76 bits per heavy atom. The van der Waals surface area contributed by atoms with Gasteiger partial charge in [-0.05, 0) is 25.0 Å². The highest BCUT2D eigenvalue weighted by atomic mass is 16.3. The lowest BCUT2D eigenvalue weighted by Crippen LogP contribution is -2.45. The maximum atomic E-state index is 12.0. The first-order chi connectivity index (χ1) is 10.2. The van der Waals surface area contributed by atoms with E-state index in [0.717, 1.165) is 32.1 Å². The number of nitrogens with one attached hydrogen (secondary N) is 2. The van der Waals surface area contributed by atoms with Crippen molar-refractivity contribution in [3.05, 3.63) is 30.3 Å². The summed E-state index contributed by atoms with van der Waals surface area (Å²) in [5.41, 5.74) is 0.595. The minimum absolute atomic E-state index is 0.0426. The summed E-state index contributed by atoms with van der Waals surface area (Å²) >= 11 is 0. The molecule has 1 aromatic carbocycles. The Hall–Kier alpha value is -1.88. The third-order valence-electron chi connectivity index (χ3n) is 3.95. The molecule has 1 fully saturated rings. The molecule has 5 nitrogen and oxygen atoms in total. The van der Waals surface area contributed by atoms with Crippen LogP contribution >= 0.6 is 0 Å². The van der Waals surface area contributed by atoms with Crippen molar-refractivity contribution < 1.29 is 14.7 Å². The molecule has 0 aliphatic heterocycles. The Morgan fingerprint density at radius 3 is 2.48 bits per heavy atom. The highest BCUT2D eigenvalue weighted by molar-refractivity contribution is 6.39. The first-order valence-electron chi connectivity index (χ1n) is 7.48. The molecule has 1 aromatic rings. The molecule has 1 aliphatic carbocycles. The number of para-hydroxylation sites is 1. The molecule has 0 aromatic heterocycles. The zero-order valence-corrected chi connectivity index (χ0v) is 12.0. The summed E-state index contributed by atoms with van der Waals surface area (Å²) in [6.45, 7) is 0.0469. The van der Waals surface area contributed by atoms with Gasteiger partial charge in [-0.1, -0.05) is 37.5 Å². The van der Waals surface area contributed by atoms with E-state index in [1.54, 1.807) is 24.3 Å². The average Bonchev–Trinajstić information content (AvgIpc) is 2.73. The molecule has 3 N–H and O–H groups in total. The number of hydrogen-bond acceptors (Lipinski definition) is 3. The Morgan fingerprint density at radius 1 is 1.05 bits per heavy atom. The van der Waals surface area contributed by atoms with Gasteiger partial charge in [0.1, 0.15) is 0 Å². The summed E-state index contributed by atoms with van der Waals surface area (Å²) in [7, 11) is 0. The van der Waals surface area contributed by atoms with E-state index in [4.69, 9.17) is 0 Å². The Kier molecular flexibility index (Phi) is 5.75. The number of aliphatic hydroxyl groups is 1. The van der Waals surface area contributed by atoms with Crippen LogP contribution in [-0.2, 0) is 9.59 Å². The Bertz CT molecular complexity index is 476. The van der Waals surface area contributed by atoms with Gasteiger partial charge in [-0.15, -0.1) is 0 Å². The monoisotopic (exact) mass is 290 g/mol. The molecule has 0 saturated heterocycles. The Balaban J connectivity index is 1.91. The van der Waals surface area contributed by atoms with Gasteiger partial charge in [-0.2, -0.15) is 0 Å². The summed E-state index contributed by atoms with van der Waals surface area (Å²) < 4.78 is 0. The molecular formula is C16H22N2O3. The number of aliphatic hydroxyl groups excluding tert-OH is 1. The summed E-state index contributed by atoms with van der Waals surface area (Å²) in [6.07, 6.45) is 4.89. The molecule has 0 spiro atoms. The van der Waals surface area contributed by atoms with E-state index in [9.17, 15) is 14.7 Å². The van der Waals surface area contributed by atoms with Crippen LogP contribution in [0.25, 0.3) is 0 Å². The highest BCUT2D eigenvalue weighted by Crippen LogP contribution is 2.23. The molecular weight excluding hydrogens is 268 g/mol. The smallest absolute Gasteiger partial charge is 0.313 e. The molecule has 0 radical (unpaired) electrons. The fourth-order valence-corrected chi connectivity index (χ4v) is 2.74. The van der Waals surface area contributed by atoms with Crippen LogP contribution in [0.1, 0.15) is 32.1 Å². The van der Waals surface area contributed by atoms with E-state index >= 15 is 0 Å². The van der Waals surface area contributed by atoms with Crippen molar-refractivity contribution in [3.8, 4) is 0 Å². The van der Waals surface area contributed by atoms with Gasteiger partial charge in [0, 0.05) is 24.3 Å². The number of carbonyl (C=O) groups excluding carboxylic acids is 2. The lowest BCUT2D eigenvalue weighted by molar-refractivity contribution is -0.137. The largest absolute Gasteiger partial charge is 0.396 e. The van der Waals surface area contributed by atoms with Crippen molar-refractivity contribution in [1.29, 1.82) is 0 Å². The summed E-state index contributed by atoms with van der Waals surface area (Å²) in [4.78, 5) is 23.9. The third-order valence-corrected chi connectivity index (χ3v) is 3.95. The predicted molar refractivity (Wildman–Crippen MR) is 80.7 cm³/mol. The standard InChI is InChI=1S/C16H22N2O3/c19-11-12-7-3-1-6-10-14(12)18-16(21)15(20)17-13-8-4-2-5-9-13/h2,4-5,8-9,12,14,19H,1,3,6-7,10-11H2,(H,17,20)(H,18,21). The van der Waals surface area contributed by atoms with Crippen LogP contribution in [0.15, 0.2) is 30.3 Å². The molecule has 2 rings (SSSR count). The molecule has 2 amide bonds. The second-order valence-corrected chi connectivity index (χ2v) is 5.48. The van der Waals surface area contributed by atoms with Crippen molar-refractivity contribution >= 4 is 17.5 Å². The minimum Gasteiger partial charge on any atom is -0.396 e. The van der Waals surface area contributed by atoms with Gasteiger partial charge in [0.25, 0.3) is 0 Å². The predicted octanol–water partition coefficient (Wildman–Crippen LogP) is 1.68. The molecule has 21 heavy (non-hydrogen) atoms. The van der Waals surface area contributed by atoms with Gasteiger partial charge in [-0.25, -0.2) is 0 Å². The second kappa shape index (κ2) is 7.78. The van der Waals surface area contributed by atoms with Crippen molar-refractivity contribution in [1.82, 2.24) is 5.32 Å². The molecule has 1 aliphatic rings. The Labute approximate surface area is 124 Å². The average molecular weight is 290 g/mol. The van der Waals surface area contributed by atoms with Crippen LogP contribution in [0.3, 0.4) is 0 Å². The lowest BCUT2D eigenvalue weighted by atomic mass is 9.95. The number of amides is 2. The lowest BCUT2D eigenvalue weighted by Gasteiger charge is -2.24. The van der Waals surface area contributed by atoms with Crippen LogP contribution in [0, 0.1) is 5.92 Å². The summed E-state index contributed by atoms with van der Waals surface area (Å²) in [5, 5.41) is 14.8. The van der Waals surface area contributed by atoms with E-state index < -0.39 is 11.8 Å². The number of benzene rings is 1. The molecule has 0 bridgehead atoms. The fraction of sp³-hybridized carbons (Fsp3) is 0.500. The SMILES string of the molecule is O=C(Nc1ccccc1)C(=O)NC1CCCCCC1CO. The normalized spacial score (nSPS) is 22.1. The molecule has 114 valence electrons. The number of anilines is 1. The van der Waals surface area contributed by atoms with Crippen LogP contribution in [-0.4, -0.2) is 29.6 Å². The van der Waals surface area contributed by atoms with Gasteiger partial charge >= 0.3 is 11.8 Å². The van der Waals surface area contributed by atoms with Gasteiger partial charge < -0.3 is 15.7 Å². The summed E-state index contributed by atoms with van der Waals surface area (Å²) in [6, 6.07) is 8.77. The second-order valence-electron chi connectivity index (χ2n) is 5.48. The first kappa shape index (κ1) is 15.5. The van der Waals surface area contributed by atoms with Crippen molar-refractivity contribution in [3.63, 3.8) is 0 Å². The first-order valence-corrected chi connectivity index (χ1v) is 7.48. The minimum atomic E-state index is -0.665. The van der Waals surface area contributed by atoms with Crippen LogP contribution in [0.2, 0.25) is 0 Å². The van der Waals surface area contributed by atoms with E-state index in [1.807, 2.05) is 6.07 Å². The van der Waals surface area contributed by atoms with Gasteiger partial charge in [0.2, 0.25) is 0 Å². The van der Waals surface area contributed by atoms with Crippen molar-refractivity contribution in [2.45, 2.75) is 38.1 Å². The third kappa shape index (κ3) is 4.56. The number of rotatable bonds is 3. The number of carbonyl (C=O) groups is 2. The zero-order valence-electron chi connectivity index (χ0n) is 12.0. The highest BCUT2D eigenvalue weighted by Gasteiger charge is 2.26. The van der Waals surface area contributed by atoms with Crippen LogP contribution in [0.5, 0.6) is 0 Å². The van der Waals surface area contributed by atoms with E-state index in [-0.39, 0.29) is 18.6 Å².